The fraction of sp³-hybridized carbons (Fsp3) is 0.688. The third-order valence-electron chi connectivity index (χ3n) is 3.73. The molecule has 1 rings (SSSR count). The molecule has 0 saturated carbocycles. The number of hydrogen-bond donors (Lipinski definition) is 0. The summed E-state index contributed by atoms with van der Waals surface area (Å²) in [5.41, 5.74) is 0. The van der Waals surface area contributed by atoms with Gasteiger partial charge in [0.1, 0.15) is 6.10 Å². The van der Waals surface area contributed by atoms with E-state index in [0.717, 1.165) is 32.5 Å². The fourth-order valence-corrected chi connectivity index (χ4v) is 3.06. The van der Waals surface area contributed by atoms with E-state index in [1.165, 1.54) is 11.8 Å². The van der Waals surface area contributed by atoms with Crippen molar-refractivity contribution in [2.45, 2.75) is 46.6 Å². The zero-order valence-electron chi connectivity index (χ0n) is 13.1. The van der Waals surface area contributed by atoms with Crippen molar-refractivity contribution in [3.63, 3.8) is 0 Å². The molecule has 114 valence electrons. The lowest BCUT2D eigenvalue weighted by atomic mass is 9.97. The summed E-state index contributed by atoms with van der Waals surface area (Å²) in [7, 11) is 0. The van der Waals surface area contributed by atoms with Crippen LogP contribution in [0.15, 0.2) is 17.5 Å². The lowest BCUT2D eigenvalue weighted by Crippen LogP contribution is -2.31. The summed E-state index contributed by atoms with van der Waals surface area (Å²) in [6.07, 6.45) is 1.88. The van der Waals surface area contributed by atoms with Gasteiger partial charge in [-0.2, -0.15) is 0 Å². The number of thiophene rings is 1. The Morgan fingerprint density at radius 2 is 2.10 bits per heavy atom. The average molecular weight is 297 g/mol. The molecule has 0 bridgehead atoms. The zero-order chi connectivity index (χ0) is 15.0. The van der Waals surface area contributed by atoms with E-state index in [-0.39, 0.29) is 12.1 Å². The molecule has 0 aromatic carbocycles. The van der Waals surface area contributed by atoms with Gasteiger partial charge in [0, 0.05) is 18.2 Å². The minimum Gasteiger partial charge on any atom is -0.462 e. The Kier molecular flexibility index (Phi) is 7.85. The molecular formula is C16H27NO2S. The molecule has 1 aromatic rings. The maximum absolute atomic E-state index is 11.3. The van der Waals surface area contributed by atoms with Gasteiger partial charge in [0.05, 0.1) is 0 Å². The summed E-state index contributed by atoms with van der Waals surface area (Å²) >= 11 is 1.73. The number of rotatable bonds is 9. The van der Waals surface area contributed by atoms with E-state index in [2.05, 4.69) is 37.1 Å². The average Bonchev–Trinajstić information content (AvgIpc) is 2.91. The van der Waals surface area contributed by atoms with Crippen molar-refractivity contribution in [3.8, 4) is 0 Å². The lowest BCUT2D eigenvalue weighted by Gasteiger charge is -2.26. The van der Waals surface area contributed by atoms with Crippen LogP contribution < -0.4 is 0 Å². The van der Waals surface area contributed by atoms with Crippen molar-refractivity contribution < 1.29 is 9.53 Å². The molecule has 0 saturated heterocycles. The van der Waals surface area contributed by atoms with E-state index in [9.17, 15) is 4.79 Å². The molecule has 2 atom stereocenters. The molecule has 4 heteroatoms. The molecule has 20 heavy (non-hydrogen) atoms. The van der Waals surface area contributed by atoms with Gasteiger partial charge in [0.25, 0.3) is 0 Å². The van der Waals surface area contributed by atoms with Gasteiger partial charge in [-0.15, -0.1) is 11.3 Å². The van der Waals surface area contributed by atoms with Gasteiger partial charge in [0.15, 0.2) is 0 Å². The Morgan fingerprint density at radius 3 is 2.60 bits per heavy atom. The Labute approximate surface area is 126 Å². The van der Waals surface area contributed by atoms with Crippen molar-refractivity contribution in [3.05, 3.63) is 22.4 Å². The van der Waals surface area contributed by atoms with Crippen molar-refractivity contribution in [1.82, 2.24) is 4.90 Å². The van der Waals surface area contributed by atoms with Crippen LogP contribution >= 0.6 is 11.3 Å². The standard InChI is InChI=1S/C16H27NO2S/c1-5-17(6-2)10-9-13(3)16(19-14(4)18)12-15-8-7-11-20-15/h7-8,11,13,16H,5-6,9-10,12H2,1-4H3/t13-,16+/m0/s1. The smallest absolute Gasteiger partial charge is 0.302 e. The molecule has 0 aliphatic heterocycles. The Morgan fingerprint density at radius 1 is 1.40 bits per heavy atom. The number of ether oxygens (including phenoxy) is 1. The van der Waals surface area contributed by atoms with E-state index in [1.54, 1.807) is 11.3 Å². The molecule has 0 fully saturated rings. The van der Waals surface area contributed by atoms with Crippen LogP contribution in [0.2, 0.25) is 0 Å². The first-order valence-corrected chi connectivity index (χ1v) is 8.36. The second kappa shape index (κ2) is 9.14. The molecule has 1 heterocycles. The van der Waals surface area contributed by atoms with Crippen molar-refractivity contribution in [2.75, 3.05) is 19.6 Å². The topological polar surface area (TPSA) is 29.5 Å². The SMILES string of the molecule is CCN(CC)CC[C@H](C)[C@@H](Cc1cccs1)OC(C)=O. The quantitative estimate of drug-likeness (QED) is 0.652. The van der Waals surface area contributed by atoms with Gasteiger partial charge in [0.2, 0.25) is 0 Å². The second-order valence-electron chi connectivity index (χ2n) is 5.22. The normalized spacial score (nSPS) is 14.2. The summed E-state index contributed by atoms with van der Waals surface area (Å²) < 4.78 is 5.53. The largest absolute Gasteiger partial charge is 0.462 e. The van der Waals surface area contributed by atoms with E-state index in [0.29, 0.717) is 5.92 Å². The number of nitrogens with zero attached hydrogens (tertiary/aromatic N) is 1. The molecule has 0 N–H and O–H groups in total. The third kappa shape index (κ3) is 6.06. The van der Waals surface area contributed by atoms with Crippen LogP contribution in [0.4, 0.5) is 0 Å². The van der Waals surface area contributed by atoms with Crippen LogP contribution in [0.1, 0.15) is 39.0 Å². The summed E-state index contributed by atoms with van der Waals surface area (Å²) in [6, 6.07) is 4.16. The lowest BCUT2D eigenvalue weighted by molar-refractivity contribution is -0.148. The Bertz CT molecular complexity index is 374. The van der Waals surface area contributed by atoms with Crippen LogP contribution in [0.5, 0.6) is 0 Å². The molecule has 3 nitrogen and oxygen atoms in total. The Balaban J connectivity index is 2.55. The van der Waals surface area contributed by atoms with Gasteiger partial charge < -0.3 is 9.64 Å². The highest BCUT2D eigenvalue weighted by molar-refractivity contribution is 7.09. The Hall–Kier alpha value is -0.870. The van der Waals surface area contributed by atoms with E-state index in [4.69, 9.17) is 4.74 Å². The number of esters is 1. The van der Waals surface area contributed by atoms with Crippen LogP contribution in [0.3, 0.4) is 0 Å². The predicted molar refractivity (Wildman–Crippen MR) is 85.1 cm³/mol. The highest BCUT2D eigenvalue weighted by Gasteiger charge is 2.21. The number of carbonyl (C=O) groups excluding carboxylic acids is 1. The van der Waals surface area contributed by atoms with Gasteiger partial charge in [-0.1, -0.05) is 26.8 Å². The minimum atomic E-state index is -0.179. The summed E-state index contributed by atoms with van der Waals surface area (Å²) in [4.78, 5) is 15.0. The van der Waals surface area contributed by atoms with E-state index < -0.39 is 0 Å². The van der Waals surface area contributed by atoms with Crippen LogP contribution in [-0.4, -0.2) is 36.6 Å². The number of carbonyl (C=O) groups is 1. The monoisotopic (exact) mass is 297 g/mol. The first-order chi connectivity index (χ1) is 9.56. The van der Waals surface area contributed by atoms with Crippen LogP contribution in [-0.2, 0) is 16.0 Å². The number of hydrogen-bond acceptors (Lipinski definition) is 4. The molecule has 0 spiro atoms. The third-order valence-corrected chi connectivity index (χ3v) is 4.63. The van der Waals surface area contributed by atoms with Crippen molar-refractivity contribution in [1.29, 1.82) is 0 Å². The minimum absolute atomic E-state index is 0.0123. The molecular weight excluding hydrogens is 270 g/mol. The fourth-order valence-electron chi connectivity index (χ4n) is 2.31. The van der Waals surface area contributed by atoms with Gasteiger partial charge in [-0.3, -0.25) is 4.79 Å². The van der Waals surface area contributed by atoms with E-state index in [1.807, 2.05) is 6.07 Å². The molecule has 0 aliphatic carbocycles. The second-order valence-corrected chi connectivity index (χ2v) is 6.26. The molecule has 0 aliphatic rings. The van der Waals surface area contributed by atoms with Crippen LogP contribution in [0, 0.1) is 5.92 Å². The molecule has 1 aromatic heterocycles. The highest BCUT2D eigenvalue weighted by atomic mass is 32.1. The first-order valence-electron chi connectivity index (χ1n) is 7.48. The molecule has 0 amide bonds. The first kappa shape index (κ1) is 17.2. The molecule has 0 radical (unpaired) electrons. The summed E-state index contributed by atoms with van der Waals surface area (Å²) in [6.45, 7) is 11.3. The van der Waals surface area contributed by atoms with Crippen LogP contribution in [0.25, 0.3) is 0 Å². The zero-order valence-corrected chi connectivity index (χ0v) is 13.9. The summed E-state index contributed by atoms with van der Waals surface area (Å²) in [5.74, 6) is 0.197. The predicted octanol–water partition coefficient (Wildman–Crippen LogP) is 3.59. The van der Waals surface area contributed by atoms with Crippen molar-refractivity contribution >= 4 is 17.3 Å². The maximum Gasteiger partial charge on any atom is 0.302 e. The van der Waals surface area contributed by atoms with Gasteiger partial charge in [-0.25, -0.2) is 0 Å². The van der Waals surface area contributed by atoms with Gasteiger partial charge in [-0.05, 0) is 43.4 Å². The highest BCUT2D eigenvalue weighted by Crippen LogP contribution is 2.20. The molecule has 0 unspecified atom stereocenters. The maximum atomic E-state index is 11.3. The summed E-state index contributed by atoms with van der Waals surface area (Å²) in [5, 5.41) is 2.07. The van der Waals surface area contributed by atoms with Crippen molar-refractivity contribution in [2.24, 2.45) is 5.92 Å². The van der Waals surface area contributed by atoms with E-state index >= 15 is 0 Å². The van der Waals surface area contributed by atoms with Gasteiger partial charge >= 0.3 is 5.97 Å².